The number of nitrogens with zero attached hydrogens (tertiary/aromatic N) is 2. The molecule has 1 aliphatic heterocycles. The second-order valence-corrected chi connectivity index (χ2v) is 6.02. The first-order chi connectivity index (χ1) is 11.1. The van der Waals surface area contributed by atoms with Crippen molar-refractivity contribution in [1.82, 2.24) is 10.3 Å². The van der Waals surface area contributed by atoms with Gasteiger partial charge in [0.1, 0.15) is 0 Å². The second-order valence-electron chi connectivity index (χ2n) is 5.59. The number of nitrogens with one attached hydrogen (secondary N) is 2. The summed E-state index contributed by atoms with van der Waals surface area (Å²) in [5.74, 6) is 0.603. The van der Waals surface area contributed by atoms with Crippen molar-refractivity contribution < 1.29 is 4.79 Å². The lowest BCUT2D eigenvalue weighted by atomic mass is 10.1. The zero-order valence-electron chi connectivity index (χ0n) is 13.0. The molecule has 1 amide bonds. The van der Waals surface area contributed by atoms with E-state index in [1.165, 1.54) is 0 Å². The molecule has 0 radical (unpaired) electrons. The van der Waals surface area contributed by atoms with Gasteiger partial charge in [-0.2, -0.15) is 0 Å². The number of pyridine rings is 1. The molecule has 0 unspecified atom stereocenters. The number of hydrogen-bond donors (Lipinski definition) is 2. The van der Waals surface area contributed by atoms with E-state index in [4.69, 9.17) is 11.6 Å². The molecule has 1 aliphatic rings. The maximum absolute atomic E-state index is 12.5. The van der Waals surface area contributed by atoms with Gasteiger partial charge in [0.2, 0.25) is 0 Å². The number of hydrogen-bond acceptors (Lipinski definition) is 4. The summed E-state index contributed by atoms with van der Waals surface area (Å²) >= 11 is 6.07. The monoisotopic (exact) mass is 330 g/mol. The zero-order valence-corrected chi connectivity index (χ0v) is 13.7. The number of rotatable bonds is 3. The van der Waals surface area contributed by atoms with Crippen LogP contribution in [0.2, 0.25) is 5.02 Å². The van der Waals surface area contributed by atoms with Crippen LogP contribution in [0, 0.1) is 6.92 Å². The molecule has 1 aromatic heterocycles. The van der Waals surface area contributed by atoms with E-state index in [0.29, 0.717) is 16.3 Å². The summed E-state index contributed by atoms with van der Waals surface area (Å²) in [4.78, 5) is 19.1. The van der Waals surface area contributed by atoms with Crippen molar-refractivity contribution in [2.75, 3.05) is 36.4 Å². The van der Waals surface area contributed by atoms with Gasteiger partial charge in [0.15, 0.2) is 5.82 Å². The molecule has 0 saturated carbocycles. The van der Waals surface area contributed by atoms with Gasteiger partial charge in [-0.05, 0) is 25.1 Å². The van der Waals surface area contributed by atoms with E-state index < -0.39 is 0 Å². The molecular formula is C17H19ClN4O. The highest BCUT2D eigenvalue weighted by atomic mass is 35.5. The van der Waals surface area contributed by atoms with Gasteiger partial charge in [-0.1, -0.05) is 29.3 Å². The van der Waals surface area contributed by atoms with Gasteiger partial charge >= 0.3 is 0 Å². The quantitative estimate of drug-likeness (QED) is 0.908. The molecule has 0 spiro atoms. The van der Waals surface area contributed by atoms with Crippen LogP contribution in [0.5, 0.6) is 0 Å². The largest absolute Gasteiger partial charge is 0.352 e. The average Bonchev–Trinajstić information content (AvgIpc) is 2.56. The summed E-state index contributed by atoms with van der Waals surface area (Å²) in [5.41, 5.74) is 2.31. The fourth-order valence-electron chi connectivity index (χ4n) is 2.63. The van der Waals surface area contributed by atoms with Crippen LogP contribution in [0.3, 0.4) is 0 Å². The summed E-state index contributed by atoms with van der Waals surface area (Å²) in [7, 11) is 0. The summed E-state index contributed by atoms with van der Waals surface area (Å²) in [5, 5.41) is 6.75. The minimum atomic E-state index is -0.158. The second kappa shape index (κ2) is 6.98. The maximum Gasteiger partial charge on any atom is 0.255 e. The highest BCUT2D eigenvalue weighted by Crippen LogP contribution is 2.27. The molecule has 5 nitrogen and oxygen atoms in total. The Morgan fingerprint density at radius 3 is 2.83 bits per heavy atom. The van der Waals surface area contributed by atoms with Crippen LogP contribution < -0.4 is 15.5 Å². The SMILES string of the molecule is Cc1cccc(C(=O)Nc2cc(Cl)cnc2N2CCNCC2)c1. The molecule has 2 heterocycles. The fraction of sp³-hybridized carbons (Fsp3) is 0.294. The van der Waals surface area contributed by atoms with Crippen LogP contribution in [-0.4, -0.2) is 37.1 Å². The summed E-state index contributed by atoms with van der Waals surface area (Å²) in [6.07, 6.45) is 1.61. The molecule has 0 aliphatic carbocycles. The molecule has 1 aromatic carbocycles. The van der Waals surface area contributed by atoms with Gasteiger partial charge in [0.05, 0.1) is 10.7 Å². The summed E-state index contributed by atoms with van der Waals surface area (Å²) in [6.45, 7) is 5.46. The average molecular weight is 331 g/mol. The molecule has 2 aromatic rings. The van der Waals surface area contributed by atoms with Crippen molar-refractivity contribution in [3.63, 3.8) is 0 Å². The number of halogens is 1. The van der Waals surface area contributed by atoms with E-state index in [9.17, 15) is 4.79 Å². The zero-order chi connectivity index (χ0) is 16.2. The van der Waals surface area contributed by atoms with Crippen LogP contribution in [0.4, 0.5) is 11.5 Å². The van der Waals surface area contributed by atoms with Crippen molar-refractivity contribution >= 4 is 29.0 Å². The molecule has 0 bridgehead atoms. The number of aromatic nitrogens is 1. The third-order valence-corrected chi connectivity index (χ3v) is 3.98. The third-order valence-electron chi connectivity index (χ3n) is 3.78. The van der Waals surface area contributed by atoms with E-state index in [1.807, 2.05) is 25.1 Å². The lowest BCUT2D eigenvalue weighted by Gasteiger charge is -2.30. The third kappa shape index (κ3) is 3.81. The summed E-state index contributed by atoms with van der Waals surface area (Å²) in [6, 6.07) is 9.24. The lowest BCUT2D eigenvalue weighted by Crippen LogP contribution is -2.44. The van der Waals surface area contributed by atoms with E-state index in [2.05, 4.69) is 20.5 Å². The lowest BCUT2D eigenvalue weighted by molar-refractivity contribution is 0.102. The van der Waals surface area contributed by atoms with Gasteiger partial charge in [0, 0.05) is 37.9 Å². The number of anilines is 2. The normalized spacial score (nSPS) is 14.6. The maximum atomic E-state index is 12.5. The predicted octanol–water partition coefficient (Wildman–Crippen LogP) is 2.71. The fourth-order valence-corrected chi connectivity index (χ4v) is 2.79. The van der Waals surface area contributed by atoms with Crippen molar-refractivity contribution in [1.29, 1.82) is 0 Å². The standard InChI is InChI=1S/C17H19ClN4O/c1-12-3-2-4-13(9-12)17(23)21-15-10-14(18)11-20-16(15)22-7-5-19-6-8-22/h2-4,9-11,19H,5-8H2,1H3,(H,21,23). The smallest absolute Gasteiger partial charge is 0.255 e. The Labute approximate surface area is 140 Å². The van der Waals surface area contributed by atoms with Crippen LogP contribution in [0.1, 0.15) is 15.9 Å². The highest BCUT2D eigenvalue weighted by molar-refractivity contribution is 6.31. The number of carbonyl (C=O) groups excluding carboxylic acids is 1. The molecule has 3 rings (SSSR count). The van der Waals surface area contributed by atoms with Crippen LogP contribution in [0.15, 0.2) is 36.5 Å². The van der Waals surface area contributed by atoms with Crippen LogP contribution in [-0.2, 0) is 0 Å². The van der Waals surface area contributed by atoms with Crippen molar-refractivity contribution in [3.05, 3.63) is 52.7 Å². The number of amides is 1. The molecule has 23 heavy (non-hydrogen) atoms. The Morgan fingerprint density at radius 2 is 2.09 bits per heavy atom. The predicted molar refractivity (Wildman–Crippen MR) is 93.5 cm³/mol. The highest BCUT2D eigenvalue weighted by Gasteiger charge is 2.18. The molecule has 2 N–H and O–H groups in total. The van der Waals surface area contributed by atoms with Crippen molar-refractivity contribution in [2.24, 2.45) is 0 Å². The minimum absolute atomic E-state index is 0.158. The topological polar surface area (TPSA) is 57.3 Å². The van der Waals surface area contributed by atoms with Crippen LogP contribution >= 0.6 is 11.6 Å². The Kier molecular flexibility index (Phi) is 4.79. The number of benzene rings is 1. The minimum Gasteiger partial charge on any atom is -0.352 e. The van der Waals surface area contributed by atoms with E-state index in [1.54, 1.807) is 18.3 Å². The van der Waals surface area contributed by atoms with Crippen molar-refractivity contribution in [3.8, 4) is 0 Å². The molecule has 6 heteroatoms. The first-order valence-corrected chi connectivity index (χ1v) is 8.00. The summed E-state index contributed by atoms with van der Waals surface area (Å²) < 4.78 is 0. The molecule has 0 atom stereocenters. The Hall–Kier alpha value is -2.11. The molecule has 1 saturated heterocycles. The van der Waals surface area contributed by atoms with Crippen LogP contribution in [0.25, 0.3) is 0 Å². The van der Waals surface area contributed by atoms with Gasteiger partial charge in [-0.25, -0.2) is 4.98 Å². The number of aryl methyl sites for hydroxylation is 1. The molecular weight excluding hydrogens is 312 g/mol. The first-order valence-electron chi connectivity index (χ1n) is 7.63. The molecule has 120 valence electrons. The number of carbonyl (C=O) groups is 1. The Morgan fingerprint density at radius 1 is 1.30 bits per heavy atom. The van der Waals surface area contributed by atoms with Crippen molar-refractivity contribution in [2.45, 2.75) is 6.92 Å². The van der Waals surface area contributed by atoms with Gasteiger partial charge in [0.25, 0.3) is 5.91 Å². The molecule has 1 fully saturated rings. The van der Waals surface area contributed by atoms with Gasteiger partial charge in [-0.3, -0.25) is 4.79 Å². The first kappa shape index (κ1) is 15.8. The van der Waals surface area contributed by atoms with E-state index in [-0.39, 0.29) is 5.91 Å². The van der Waals surface area contributed by atoms with Gasteiger partial charge < -0.3 is 15.5 Å². The number of piperazine rings is 1. The Balaban J connectivity index is 1.86. The van der Waals surface area contributed by atoms with E-state index in [0.717, 1.165) is 37.6 Å². The van der Waals surface area contributed by atoms with E-state index >= 15 is 0 Å². The Bertz CT molecular complexity index is 713. The van der Waals surface area contributed by atoms with Gasteiger partial charge in [-0.15, -0.1) is 0 Å².